The lowest BCUT2D eigenvalue weighted by Gasteiger charge is -2.13. The Morgan fingerprint density at radius 2 is 1.14 bits per heavy atom. The third-order valence-electron chi connectivity index (χ3n) is 5.69. The summed E-state index contributed by atoms with van der Waals surface area (Å²) in [5.74, 6) is 4.98. The number of rotatable bonds is 13. The van der Waals surface area contributed by atoms with Crippen LogP contribution in [0.25, 0.3) is 0 Å². The van der Waals surface area contributed by atoms with E-state index in [-0.39, 0.29) is 37.0 Å². The molecule has 0 bridgehead atoms. The second kappa shape index (κ2) is 19.5. The maximum atomic E-state index is 12.2. The van der Waals surface area contributed by atoms with E-state index < -0.39 is 16.1 Å². The normalized spacial score (nSPS) is 12.2. The minimum atomic E-state index is -1.43. The van der Waals surface area contributed by atoms with Crippen molar-refractivity contribution in [3.8, 4) is 22.9 Å². The van der Waals surface area contributed by atoms with Crippen LogP contribution in [-0.2, 0) is 19.1 Å². The lowest BCUT2D eigenvalue weighted by molar-refractivity contribution is -0.143. The van der Waals surface area contributed by atoms with Crippen LogP contribution in [0.1, 0.15) is 72.1 Å². The third-order valence-corrected chi connectivity index (χ3v) is 8.11. The van der Waals surface area contributed by atoms with Gasteiger partial charge >= 0.3 is 11.9 Å². The van der Waals surface area contributed by atoms with Crippen LogP contribution >= 0.6 is 15.9 Å². The van der Waals surface area contributed by atoms with Crippen molar-refractivity contribution in [3.05, 3.63) is 35.4 Å². The number of hydrogen-bond donors (Lipinski definition) is 0. The highest BCUT2D eigenvalue weighted by Crippen LogP contribution is 2.22. The molecule has 1 aromatic rings. The van der Waals surface area contributed by atoms with Gasteiger partial charge in [-0.15, -0.1) is 11.1 Å². The zero-order valence-corrected chi connectivity index (χ0v) is 29.7. The van der Waals surface area contributed by atoms with Gasteiger partial charge in [-0.05, 0) is 37.8 Å². The van der Waals surface area contributed by atoms with Crippen LogP contribution < -0.4 is 0 Å². The first-order chi connectivity index (χ1) is 19.7. The average molecular weight is 677 g/mol. The van der Waals surface area contributed by atoms with Crippen LogP contribution in [0, 0.1) is 22.9 Å². The molecule has 0 unspecified atom stereocenters. The number of ether oxygens (including phenoxy) is 2. The lowest BCUT2D eigenvalue weighted by Crippen LogP contribution is -2.30. The summed E-state index contributed by atoms with van der Waals surface area (Å²) in [5.41, 5.74) is 7.25. The SMILES string of the molecule is C[Si](C)(C)C#CCOC(=O)CCCCCBr.C[Si](C)(C)C#CCOC(=O)CCCCCN1C(=O)c2ccccc2C1=O. The number of halogens is 1. The quantitative estimate of drug-likeness (QED) is 0.0582. The van der Waals surface area contributed by atoms with Gasteiger partial charge in [-0.2, -0.15) is 0 Å². The van der Waals surface area contributed by atoms with E-state index in [9.17, 15) is 19.2 Å². The highest BCUT2D eigenvalue weighted by molar-refractivity contribution is 9.09. The number of hydrogen-bond acceptors (Lipinski definition) is 6. The zero-order valence-electron chi connectivity index (χ0n) is 26.1. The molecular formula is C32H46BrNO6Si2. The molecule has 0 aromatic heterocycles. The van der Waals surface area contributed by atoms with E-state index in [1.807, 2.05) is 0 Å². The maximum absolute atomic E-state index is 12.2. The summed E-state index contributed by atoms with van der Waals surface area (Å²) in [7, 11) is -2.75. The van der Waals surface area contributed by atoms with Crippen molar-refractivity contribution >= 4 is 55.8 Å². The molecule has 2 amide bonds. The molecule has 0 aliphatic carbocycles. The second-order valence-electron chi connectivity index (χ2n) is 12.0. The van der Waals surface area contributed by atoms with E-state index in [0.29, 0.717) is 43.4 Å². The minimum Gasteiger partial charge on any atom is -0.453 e. The van der Waals surface area contributed by atoms with Crippen molar-refractivity contribution < 1.29 is 28.7 Å². The fourth-order valence-electron chi connectivity index (χ4n) is 3.68. The second-order valence-corrected chi connectivity index (χ2v) is 22.3. The third kappa shape index (κ3) is 16.7. The summed E-state index contributed by atoms with van der Waals surface area (Å²) in [6.45, 7) is 13.7. The van der Waals surface area contributed by atoms with E-state index in [0.717, 1.165) is 31.0 Å². The standard InChI is InChI=1S/C20H25NO4Si.C12H21BrO2Si/c1-26(2,3)15-9-14-25-18(22)12-5-4-8-13-21-19(23)16-10-6-7-11-17(16)20(21)24;1-16(2,3)11-7-10-15-12(14)8-5-4-6-9-13/h6-7,10-11H,4-5,8,12-14H2,1-3H3;4-6,8-10H2,1-3H3. The summed E-state index contributed by atoms with van der Waals surface area (Å²) in [5, 5.41) is 1.00. The number of carbonyl (C=O) groups is 4. The molecule has 10 heteroatoms. The maximum Gasteiger partial charge on any atom is 0.306 e. The van der Waals surface area contributed by atoms with E-state index in [1.165, 1.54) is 4.90 Å². The van der Waals surface area contributed by atoms with E-state index in [2.05, 4.69) is 78.1 Å². The Kier molecular flexibility index (Phi) is 17.4. The van der Waals surface area contributed by atoms with Crippen LogP contribution in [0.4, 0.5) is 0 Å². The first-order valence-corrected chi connectivity index (χ1v) is 22.7. The van der Waals surface area contributed by atoms with Gasteiger partial charge in [0.05, 0.1) is 11.1 Å². The molecule has 0 saturated heterocycles. The van der Waals surface area contributed by atoms with Crippen molar-refractivity contribution in [2.45, 2.75) is 90.6 Å². The Balaban J connectivity index is 0.000000476. The van der Waals surface area contributed by atoms with Crippen LogP contribution in [-0.4, -0.2) is 69.9 Å². The number of imide groups is 1. The van der Waals surface area contributed by atoms with Crippen molar-refractivity contribution in [2.24, 2.45) is 0 Å². The number of alkyl halides is 1. The highest BCUT2D eigenvalue weighted by Gasteiger charge is 2.34. The number of benzene rings is 1. The molecule has 1 aromatic carbocycles. The van der Waals surface area contributed by atoms with Crippen LogP contribution in [0.3, 0.4) is 0 Å². The highest BCUT2D eigenvalue weighted by atomic mass is 79.9. The summed E-state index contributed by atoms with van der Waals surface area (Å²) >= 11 is 3.36. The van der Waals surface area contributed by atoms with Gasteiger partial charge in [0.2, 0.25) is 0 Å². The number of esters is 2. The van der Waals surface area contributed by atoms with Crippen LogP contribution in [0.5, 0.6) is 0 Å². The Bertz CT molecular complexity index is 1150. The molecule has 0 atom stereocenters. The molecule has 0 fully saturated rings. The van der Waals surface area contributed by atoms with E-state index >= 15 is 0 Å². The molecule has 1 aliphatic heterocycles. The van der Waals surface area contributed by atoms with Gasteiger partial charge in [-0.3, -0.25) is 24.1 Å². The van der Waals surface area contributed by atoms with Gasteiger partial charge in [0.1, 0.15) is 16.1 Å². The van der Waals surface area contributed by atoms with Crippen molar-refractivity contribution in [3.63, 3.8) is 0 Å². The van der Waals surface area contributed by atoms with E-state index in [1.54, 1.807) is 24.3 Å². The van der Waals surface area contributed by atoms with Crippen LogP contribution in [0.2, 0.25) is 39.3 Å². The molecule has 2 rings (SSSR count). The number of fused-ring (bicyclic) bond motifs is 1. The molecule has 0 saturated carbocycles. The van der Waals surface area contributed by atoms with Gasteiger partial charge in [-0.25, -0.2) is 0 Å². The van der Waals surface area contributed by atoms with Gasteiger partial charge in [0, 0.05) is 24.7 Å². The fraction of sp³-hybridized carbons (Fsp3) is 0.562. The number of unbranched alkanes of at least 4 members (excludes halogenated alkanes) is 4. The predicted octanol–water partition coefficient (Wildman–Crippen LogP) is 6.63. The molecule has 1 heterocycles. The molecular weight excluding hydrogens is 630 g/mol. The van der Waals surface area contributed by atoms with Crippen molar-refractivity contribution in [2.75, 3.05) is 25.1 Å². The molecule has 1 aliphatic rings. The minimum absolute atomic E-state index is 0.126. The number of nitrogens with zero attached hydrogens (tertiary/aromatic N) is 1. The summed E-state index contributed by atoms with van der Waals surface area (Å²) in [6, 6.07) is 6.87. The largest absolute Gasteiger partial charge is 0.453 e. The summed E-state index contributed by atoms with van der Waals surface area (Å²) < 4.78 is 10.1. The topological polar surface area (TPSA) is 90.0 Å². The first kappa shape index (κ1) is 37.4. The zero-order chi connectivity index (χ0) is 31.6. The Morgan fingerprint density at radius 1 is 0.714 bits per heavy atom. The molecule has 7 nitrogen and oxygen atoms in total. The summed E-state index contributed by atoms with van der Waals surface area (Å²) in [4.78, 5) is 48.6. The Labute approximate surface area is 262 Å². The lowest BCUT2D eigenvalue weighted by atomic mass is 10.1. The average Bonchev–Trinajstić information content (AvgIpc) is 3.15. The Hall–Kier alpha value is -2.67. The number of carbonyl (C=O) groups excluding carboxylic acids is 4. The molecule has 0 spiro atoms. The molecule has 0 N–H and O–H groups in total. The van der Waals surface area contributed by atoms with Crippen LogP contribution in [0.15, 0.2) is 24.3 Å². The molecule has 42 heavy (non-hydrogen) atoms. The van der Waals surface area contributed by atoms with Gasteiger partial charge in [0.25, 0.3) is 11.8 Å². The first-order valence-electron chi connectivity index (χ1n) is 14.6. The van der Waals surface area contributed by atoms with Gasteiger partial charge < -0.3 is 9.47 Å². The monoisotopic (exact) mass is 675 g/mol. The van der Waals surface area contributed by atoms with Gasteiger partial charge in [-0.1, -0.05) is 92.0 Å². The predicted molar refractivity (Wildman–Crippen MR) is 177 cm³/mol. The Morgan fingerprint density at radius 3 is 1.55 bits per heavy atom. The smallest absolute Gasteiger partial charge is 0.306 e. The van der Waals surface area contributed by atoms with Crippen molar-refractivity contribution in [1.82, 2.24) is 4.90 Å². The van der Waals surface area contributed by atoms with E-state index in [4.69, 9.17) is 9.47 Å². The molecule has 230 valence electrons. The molecule has 0 radical (unpaired) electrons. The van der Waals surface area contributed by atoms with Crippen molar-refractivity contribution in [1.29, 1.82) is 0 Å². The van der Waals surface area contributed by atoms with Gasteiger partial charge in [0.15, 0.2) is 13.2 Å². The fourth-order valence-corrected chi connectivity index (χ4v) is 5.28. The summed E-state index contributed by atoms with van der Waals surface area (Å²) in [6.07, 6.45) is 6.04. The number of amides is 2.